The van der Waals surface area contributed by atoms with Crippen molar-refractivity contribution in [1.29, 1.82) is 0 Å². The number of carbonyl (C=O) groups excluding carboxylic acids is 2. The largest absolute Gasteiger partial charge is 0.339 e. The van der Waals surface area contributed by atoms with Crippen LogP contribution in [0.2, 0.25) is 0 Å². The standard InChI is InChI=1S/C24H36N4O2/c1-18(2)15-27-16-20-21(17-27)24(26(3)22(20)29)10-13-28(14-11-24)23(30)25-12-9-19-7-5-4-6-8-19/h4-8,18,20-21H,9-17H2,1-3H3,(H,25,30)/t20-,21+/m0/s1. The Kier molecular flexibility index (Phi) is 6.05. The molecule has 1 N–H and O–H groups in total. The monoisotopic (exact) mass is 412 g/mol. The Morgan fingerprint density at radius 3 is 2.53 bits per heavy atom. The molecule has 0 unspecified atom stereocenters. The van der Waals surface area contributed by atoms with E-state index in [2.05, 4.69) is 36.2 Å². The Morgan fingerprint density at radius 2 is 1.87 bits per heavy atom. The lowest BCUT2D eigenvalue weighted by Gasteiger charge is -2.46. The van der Waals surface area contributed by atoms with E-state index >= 15 is 0 Å². The Balaban J connectivity index is 1.32. The minimum Gasteiger partial charge on any atom is -0.339 e. The van der Waals surface area contributed by atoms with Crippen LogP contribution in [0.25, 0.3) is 0 Å². The van der Waals surface area contributed by atoms with E-state index in [1.807, 2.05) is 35.0 Å². The summed E-state index contributed by atoms with van der Waals surface area (Å²) in [5, 5.41) is 3.07. The molecule has 0 bridgehead atoms. The Morgan fingerprint density at radius 1 is 1.17 bits per heavy atom. The van der Waals surface area contributed by atoms with E-state index in [1.54, 1.807) is 0 Å². The molecule has 0 radical (unpaired) electrons. The fraction of sp³-hybridized carbons (Fsp3) is 0.667. The molecule has 0 aromatic heterocycles. The lowest BCUT2D eigenvalue weighted by molar-refractivity contribution is -0.133. The molecule has 6 nitrogen and oxygen atoms in total. The van der Waals surface area contributed by atoms with Gasteiger partial charge in [0.2, 0.25) is 5.91 Å². The summed E-state index contributed by atoms with van der Waals surface area (Å²) in [6.45, 7) is 9.57. The first-order valence-electron chi connectivity index (χ1n) is 11.5. The number of nitrogens with one attached hydrogen (secondary N) is 1. The third-order valence-corrected chi connectivity index (χ3v) is 7.47. The molecule has 0 aliphatic carbocycles. The van der Waals surface area contributed by atoms with E-state index in [0.29, 0.717) is 24.3 Å². The summed E-state index contributed by atoms with van der Waals surface area (Å²) in [5.41, 5.74) is 1.16. The van der Waals surface area contributed by atoms with Gasteiger partial charge in [-0.25, -0.2) is 4.79 Å². The Bertz CT molecular complexity index is 758. The molecule has 3 amide bonds. The van der Waals surface area contributed by atoms with Gasteiger partial charge in [-0.05, 0) is 30.7 Å². The van der Waals surface area contributed by atoms with E-state index in [1.165, 1.54) is 5.56 Å². The zero-order valence-electron chi connectivity index (χ0n) is 18.6. The smallest absolute Gasteiger partial charge is 0.317 e. The summed E-state index contributed by atoms with van der Waals surface area (Å²) in [4.78, 5) is 32.1. The molecule has 3 heterocycles. The molecule has 1 spiro atoms. The molecule has 164 valence electrons. The predicted molar refractivity (Wildman–Crippen MR) is 118 cm³/mol. The number of piperidine rings is 1. The molecule has 1 aromatic rings. The molecular formula is C24H36N4O2. The summed E-state index contributed by atoms with van der Waals surface area (Å²) < 4.78 is 0. The third kappa shape index (κ3) is 3.94. The Hall–Kier alpha value is -2.08. The van der Waals surface area contributed by atoms with Gasteiger partial charge in [0, 0.05) is 52.2 Å². The summed E-state index contributed by atoms with van der Waals surface area (Å²) >= 11 is 0. The molecular weight excluding hydrogens is 376 g/mol. The van der Waals surface area contributed by atoms with Crippen molar-refractivity contribution >= 4 is 11.9 Å². The van der Waals surface area contributed by atoms with Crippen LogP contribution < -0.4 is 5.32 Å². The summed E-state index contributed by atoms with van der Waals surface area (Å²) in [5.74, 6) is 1.47. The number of benzene rings is 1. The maximum absolute atomic E-state index is 13.0. The molecule has 30 heavy (non-hydrogen) atoms. The van der Waals surface area contributed by atoms with Crippen molar-refractivity contribution in [2.24, 2.45) is 17.8 Å². The van der Waals surface area contributed by atoms with Gasteiger partial charge in [-0.3, -0.25) is 4.79 Å². The number of amides is 3. The number of likely N-dealkylation sites (tertiary alicyclic amines) is 3. The molecule has 2 atom stereocenters. The number of carbonyl (C=O) groups is 2. The summed E-state index contributed by atoms with van der Waals surface area (Å²) in [6, 6.07) is 10.3. The number of hydrogen-bond donors (Lipinski definition) is 1. The molecule has 6 heteroatoms. The summed E-state index contributed by atoms with van der Waals surface area (Å²) in [7, 11) is 1.99. The van der Waals surface area contributed by atoms with E-state index in [4.69, 9.17) is 0 Å². The minimum absolute atomic E-state index is 0.0252. The summed E-state index contributed by atoms with van der Waals surface area (Å²) in [6.07, 6.45) is 2.62. The maximum atomic E-state index is 13.0. The zero-order valence-corrected chi connectivity index (χ0v) is 18.6. The lowest BCUT2D eigenvalue weighted by Crippen LogP contribution is -2.57. The molecule has 3 aliphatic heterocycles. The van der Waals surface area contributed by atoms with Crippen LogP contribution in [-0.2, 0) is 11.2 Å². The van der Waals surface area contributed by atoms with Crippen molar-refractivity contribution < 1.29 is 9.59 Å². The second-order valence-corrected chi connectivity index (χ2v) is 9.78. The van der Waals surface area contributed by atoms with Gasteiger partial charge in [-0.15, -0.1) is 0 Å². The maximum Gasteiger partial charge on any atom is 0.317 e. The van der Waals surface area contributed by atoms with Crippen molar-refractivity contribution in [3.63, 3.8) is 0 Å². The average Bonchev–Trinajstić information content (AvgIpc) is 3.23. The van der Waals surface area contributed by atoms with Crippen LogP contribution in [0.5, 0.6) is 0 Å². The van der Waals surface area contributed by atoms with Gasteiger partial charge in [0.05, 0.1) is 11.5 Å². The van der Waals surface area contributed by atoms with Gasteiger partial charge >= 0.3 is 6.03 Å². The van der Waals surface area contributed by atoms with Crippen LogP contribution in [0.15, 0.2) is 30.3 Å². The third-order valence-electron chi connectivity index (χ3n) is 7.47. The number of hydrogen-bond acceptors (Lipinski definition) is 3. The minimum atomic E-state index is -0.0751. The number of nitrogens with zero attached hydrogens (tertiary/aromatic N) is 3. The van der Waals surface area contributed by atoms with E-state index < -0.39 is 0 Å². The fourth-order valence-electron chi connectivity index (χ4n) is 5.94. The van der Waals surface area contributed by atoms with E-state index in [9.17, 15) is 9.59 Å². The van der Waals surface area contributed by atoms with E-state index in [-0.39, 0.29) is 17.5 Å². The van der Waals surface area contributed by atoms with Gasteiger partial charge in [0.15, 0.2) is 0 Å². The van der Waals surface area contributed by atoms with Crippen LogP contribution in [0, 0.1) is 17.8 Å². The van der Waals surface area contributed by atoms with Crippen molar-refractivity contribution in [2.75, 3.05) is 46.3 Å². The fourth-order valence-corrected chi connectivity index (χ4v) is 5.94. The van der Waals surface area contributed by atoms with Crippen LogP contribution in [0.1, 0.15) is 32.3 Å². The van der Waals surface area contributed by atoms with Crippen molar-refractivity contribution in [1.82, 2.24) is 20.0 Å². The van der Waals surface area contributed by atoms with Gasteiger partial charge in [-0.1, -0.05) is 44.2 Å². The average molecular weight is 413 g/mol. The van der Waals surface area contributed by atoms with Gasteiger partial charge in [0.25, 0.3) is 0 Å². The first-order valence-corrected chi connectivity index (χ1v) is 11.5. The van der Waals surface area contributed by atoms with Crippen molar-refractivity contribution in [3.8, 4) is 0 Å². The van der Waals surface area contributed by atoms with Crippen LogP contribution in [-0.4, -0.2) is 78.5 Å². The molecule has 3 fully saturated rings. The highest BCUT2D eigenvalue weighted by Crippen LogP contribution is 2.48. The zero-order chi connectivity index (χ0) is 21.3. The second-order valence-electron chi connectivity index (χ2n) is 9.78. The lowest BCUT2D eigenvalue weighted by atomic mass is 9.75. The molecule has 3 aliphatic rings. The first kappa shape index (κ1) is 21.2. The van der Waals surface area contributed by atoms with Crippen LogP contribution >= 0.6 is 0 Å². The van der Waals surface area contributed by atoms with Gasteiger partial charge in [-0.2, -0.15) is 0 Å². The highest BCUT2D eigenvalue weighted by Gasteiger charge is 2.60. The SMILES string of the molecule is CC(C)CN1C[C@@H]2C(=O)N(C)C3(CCN(C(=O)NCCc4ccccc4)CC3)[C@@H]2C1. The van der Waals surface area contributed by atoms with Crippen LogP contribution in [0.3, 0.4) is 0 Å². The van der Waals surface area contributed by atoms with Gasteiger partial charge in [0.1, 0.15) is 0 Å². The molecule has 1 aromatic carbocycles. The normalized spacial score (nSPS) is 25.9. The molecule has 0 saturated carbocycles. The quantitative estimate of drug-likeness (QED) is 0.808. The highest BCUT2D eigenvalue weighted by molar-refractivity contribution is 5.84. The predicted octanol–water partition coefficient (Wildman–Crippen LogP) is 2.45. The Labute approximate surface area is 180 Å². The number of urea groups is 1. The highest BCUT2D eigenvalue weighted by atomic mass is 16.2. The first-order chi connectivity index (χ1) is 14.4. The number of fused-ring (bicyclic) bond motifs is 2. The van der Waals surface area contributed by atoms with Crippen molar-refractivity contribution in [2.45, 2.75) is 38.6 Å². The number of rotatable bonds is 5. The van der Waals surface area contributed by atoms with Crippen LogP contribution in [0.4, 0.5) is 4.79 Å². The van der Waals surface area contributed by atoms with Crippen molar-refractivity contribution in [3.05, 3.63) is 35.9 Å². The van der Waals surface area contributed by atoms with Gasteiger partial charge < -0.3 is 20.0 Å². The topological polar surface area (TPSA) is 55.9 Å². The molecule has 3 saturated heterocycles. The second kappa shape index (κ2) is 8.58. The van der Waals surface area contributed by atoms with E-state index in [0.717, 1.165) is 52.0 Å². The molecule has 4 rings (SSSR count).